The Kier molecular flexibility index (Phi) is 7.01. The van der Waals surface area contributed by atoms with Crippen LogP contribution in [-0.4, -0.2) is 86.8 Å². The predicted molar refractivity (Wildman–Crippen MR) is 130 cm³/mol. The SMILES string of the molecule is C[C@@H](O)[C@H]1C(=O)N2C(C(=O)O)=C(S[C@H]3C[C@@H](C(=O)N(C)C)N(Cc4ccc(Cl)cc4)C3)[C@H](C)[C@H]12. The summed E-state index contributed by atoms with van der Waals surface area (Å²) in [5.41, 5.74) is 1.07. The topological polar surface area (TPSA) is 101 Å². The summed E-state index contributed by atoms with van der Waals surface area (Å²) in [5, 5.41) is 20.6. The van der Waals surface area contributed by atoms with Crippen LogP contribution in [0.25, 0.3) is 0 Å². The van der Waals surface area contributed by atoms with Gasteiger partial charge in [-0.3, -0.25) is 14.5 Å². The van der Waals surface area contributed by atoms with Crippen LogP contribution in [0.3, 0.4) is 0 Å². The molecule has 3 aliphatic heterocycles. The van der Waals surface area contributed by atoms with Gasteiger partial charge < -0.3 is 20.0 Å². The fraction of sp³-hybridized carbons (Fsp3) is 0.542. The minimum atomic E-state index is -1.13. The molecule has 3 heterocycles. The summed E-state index contributed by atoms with van der Waals surface area (Å²) in [6, 6.07) is 6.87. The number of carbonyl (C=O) groups is 3. The van der Waals surface area contributed by atoms with Crippen molar-refractivity contribution in [2.45, 2.75) is 50.3 Å². The largest absolute Gasteiger partial charge is 0.477 e. The zero-order chi connectivity index (χ0) is 24.9. The van der Waals surface area contributed by atoms with Gasteiger partial charge in [-0.25, -0.2) is 4.79 Å². The fourth-order valence-electron chi connectivity index (χ4n) is 5.36. The average molecular weight is 508 g/mol. The molecule has 2 fully saturated rings. The van der Waals surface area contributed by atoms with Crippen molar-refractivity contribution in [3.63, 3.8) is 0 Å². The molecule has 0 unspecified atom stereocenters. The number of nitrogens with zero attached hydrogens (tertiary/aromatic N) is 3. The molecule has 2 amide bonds. The number of carboxylic acids is 1. The highest BCUT2D eigenvalue weighted by Gasteiger charge is 2.60. The smallest absolute Gasteiger partial charge is 0.353 e. The first-order valence-electron chi connectivity index (χ1n) is 11.4. The minimum Gasteiger partial charge on any atom is -0.477 e. The Hall–Kier alpha value is -2.07. The zero-order valence-electron chi connectivity index (χ0n) is 19.6. The number of rotatable bonds is 7. The Labute approximate surface area is 208 Å². The number of fused-ring (bicyclic) bond motifs is 1. The van der Waals surface area contributed by atoms with Crippen LogP contribution in [-0.2, 0) is 20.9 Å². The number of likely N-dealkylation sites (tertiary alicyclic amines) is 1. The number of carbonyl (C=O) groups excluding carboxylic acids is 2. The van der Waals surface area contributed by atoms with E-state index >= 15 is 0 Å². The Morgan fingerprint density at radius 3 is 2.47 bits per heavy atom. The van der Waals surface area contributed by atoms with Gasteiger partial charge in [-0.05, 0) is 31.0 Å². The van der Waals surface area contributed by atoms with Gasteiger partial charge in [0.05, 0.1) is 24.1 Å². The molecule has 2 N–H and O–H groups in total. The lowest BCUT2D eigenvalue weighted by Crippen LogP contribution is -2.63. The van der Waals surface area contributed by atoms with Crippen LogP contribution < -0.4 is 0 Å². The van der Waals surface area contributed by atoms with Crippen molar-refractivity contribution in [3.8, 4) is 0 Å². The molecule has 1 aromatic rings. The van der Waals surface area contributed by atoms with Crippen LogP contribution in [0, 0.1) is 11.8 Å². The average Bonchev–Trinajstić information content (AvgIpc) is 3.26. The Morgan fingerprint density at radius 1 is 1.26 bits per heavy atom. The maximum Gasteiger partial charge on any atom is 0.353 e. The molecule has 1 aromatic carbocycles. The van der Waals surface area contributed by atoms with Crippen molar-refractivity contribution in [2.75, 3.05) is 20.6 Å². The van der Waals surface area contributed by atoms with Gasteiger partial charge in [0.2, 0.25) is 11.8 Å². The Morgan fingerprint density at radius 2 is 1.91 bits per heavy atom. The Balaban J connectivity index is 1.57. The van der Waals surface area contributed by atoms with Gasteiger partial charge in [0.15, 0.2) is 0 Å². The molecule has 0 aromatic heterocycles. The number of aliphatic hydroxyl groups excluding tert-OH is 1. The molecule has 0 spiro atoms. The number of benzene rings is 1. The van der Waals surface area contributed by atoms with E-state index in [9.17, 15) is 24.6 Å². The van der Waals surface area contributed by atoms with Gasteiger partial charge in [-0.1, -0.05) is 30.7 Å². The summed E-state index contributed by atoms with van der Waals surface area (Å²) < 4.78 is 0. The number of thioether (sulfide) groups is 1. The van der Waals surface area contributed by atoms with Gasteiger partial charge >= 0.3 is 5.97 Å². The lowest BCUT2D eigenvalue weighted by Gasteiger charge is -2.46. The van der Waals surface area contributed by atoms with Crippen LogP contribution in [0.1, 0.15) is 25.8 Å². The van der Waals surface area contributed by atoms with Gasteiger partial charge in [0.25, 0.3) is 0 Å². The number of β-lactam (4-membered cyclic amide) rings is 1. The summed E-state index contributed by atoms with van der Waals surface area (Å²) in [6.07, 6.45) is -0.254. The van der Waals surface area contributed by atoms with Crippen LogP contribution in [0.2, 0.25) is 5.02 Å². The predicted octanol–water partition coefficient (Wildman–Crippen LogP) is 2.26. The van der Waals surface area contributed by atoms with Gasteiger partial charge in [0, 0.05) is 48.3 Å². The van der Waals surface area contributed by atoms with E-state index in [0.717, 1.165) is 5.56 Å². The molecule has 184 valence electrons. The van der Waals surface area contributed by atoms with E-state index in [2.05, 4.69) is 4.90 Å². The number of hydrogen-bond acceptors (Lipinski definition) is 6. The van der Waals surface area contributed by atoms with Crippen molar-refractivity contribution < 1.29 is 24.6 Å². The molecular weight excluding hydrogens is 478 g/mol. The molecule has 2 saturated heterocycles. The van der Waals surface area contributed by atoms with Gasteiger partial charge in [-0.15, -0.1) is 11.8 Å². The number of carboxylic acid groups (broad SMARTS) is 1. The Bertz CT molecular complexity index is 1030. The van der Waals surface area contributed by atoms with Crippen molar-refractivity contribution in [3.05, 3.63) is 45.5 Å². The summed E-state index contributed by atoms with van der Waals surface area (Å²) in [6.45, 7) is 4.68. The van der Waals surface area contributed by atoms with E-state index in [-0.39, 0.29) is 40.8 Å². The normalized spacial score (nSPS) is 29.8. The zero-order valence-corrected chi connectivity index (χ0v) is 21.2. The molecule has 10 heteroatoms. The second kappa shape index (κ2) is 9.53. The number of halogens is 1. The molecule has 0 aliphatic carbocycles. The third kappa shape index (κ3) is 4.34. The molecule has 4 rings (SSSR count). The van der Waals surface area contributed by atoms with E-state index in [4.69, 9.17) is 11.6 Å². The summed E-state index contributed by atoms with van der Waals surface area (Å²) in [7, 11) is 3.47. The molecule has 0 saturated carbocycles. The third-order valence-corrected chi connectivity index (χ3v) is 8.74. The lowest BCUT2D eigenvalue weighted by molar-refractivity contribution is -0.163. The highest BCUT2D eigenvalue weighted by Crippen LogP contribution is 2.52. The molecule has 34 heavy (non-hydrogen) atoms. The maximum absolute atomic E-state index is 13.0. The number of aliphatic carboxylic acids is 1. The van der Waals surface area contributed by atoms with Gasteiger partial charge in [-0.2, -0.15) is 0 Å². The molecule has 6 atom stereocenters. The first-order chi connectivity index (χ1) is 16.0. The van der Waals surface area contributed by atoms with Crippen LogP contribution in [0.4, 0.5) is 0 Å². The fourth-order valence-corrected chi connectivity index (χ4v) is 7.04. The van der Waals surface area contributed by atoms with E-state index in [0.29, 0.717) is 29.4 Å². The third-order valence-electron chi connectivity index (χ3n) is 6.99. The molecule has 0 bridgehead atoms. The molecular formula is C24H30ClN3O5S. The van der Waals surface area contributed by atoms with Crippen LogP contribution in [0.5, 0.6) is 0 Å². The first-order valence-corrected chi connectivity index (χ1v) is 12.6. The van der Waals surface area contributed by atoms with E-state index < -0.39 is 18.0 Å². The monoisotopic (exact) mass is 507 g/mol. The molecule has 8 nitrogen and oxygen atoms in total. The van der Waals surface area contributed by atoms with Crippen molar-refractivity contribution in [1.82, 2.24) is 14.7 Å². The second-order valence-corrected chi connectivity index (χ2v) is 11.3. The van der Waals surface area contributed by atoms with Crippen LogP contribution >= 0.6 is 23.4 Å². The quantitative estimate of drug-likeness (QED) is 0.546. The molecule has 0 radical (unpaired) electrons. The maximum atomic E-state index is 13.0. The minimum absolute atomic E-state index is 0.00759. The van der Waals surface area contributed by atoms with Crippen molar-refractivity contribution in [1.29, 1.82) is 0 Å². The highest BCUT2D eigenvalue weighted by molar-refractivity contribution is 8.03. The van der Waals surface area contributed by atoms with Crippen LogP contribution in [0.15, 0.2) is 34.9 Å². The highest BCUT2D eigenvalue weighted by atomic mass is 35.5. The van der Waals surface area contributed by atoms with Gasteiger partial charge in [0.1, 0.15) is 5.70 Å². The lowest BCUT2D eigenvalue weighted by atomic mass is 9.79. The number of aliphatic hydroxyl groups is 1. The summed E-state index contributed by atoms with van der Waals surface area (Å²) >= 11 is 7.48. The first kappa shape index (κ1) is 25.0. The van der Waals surface area contributed by atoms with E-state index in [1.807, 2.05) is 31.2 Å². The van der Waals surface area contributed by atoms with E-state index in [1.165, 1.54) is 16.7 Å². The molecule has 3 aliphatic rings. The van der Waals surface area contributed by atoms with E-state index in [1.54, 1.807) is 25.9 Å². The van der Waals surface area contributed by atoms with Crippen molar-refractivity contribution >= 4 is 41.1 Å². The number of likely N-dealkylation sites (N-methyl/N-ethyl adjacent to an activating group) is 1. The summed E-state index contributed by atoms with van der Waals surface area (Å²) in [4.78, 5) is 43.4. The number of amides is 2. The second-order valence-electron chi connectivity index (χ2n) is 9.55. The summed E-state index contributed by atoms with van der Waals surface area (Å²) in [5.74, 6) is -2.24. The standard InChI is InChI=1S/C24H30ClN3O5S/c1-12-19-18(13(2)29)23(31)28(19)20(24(32)33)21(12)34-16-9-17(22(30)26(3)4)27(11-16)10-14-5-7-15(25)8-6-14/h5-8,12-13,16-19,29H,9-11H2,1-4H3,(H,32,33)/t12-,13-,16+,17+,18-,19-/m1/s1. The van der Waals surface area contributed by atoms with Crippen molar-refractivity contribution in [2.24, 2.45) is 11.8 Å². The number of hydrogen-bond donors (Lipinski definition) is 2.